The smallest absolute Gasteiger partial charge is 0.374 e. The van der Waals surface area contributed by atoms with Gasteiger partial charge in [-0.25, -0.2) is 14.6 Å². The Morgan fingerprint density at radius 2 is 2.00 bits per heavy atom. The molecule has 146 valence electrons. The minimum atomic E-state index is -0.966. The van der Waals surface area contributed by atoms with E-state index in [2.05, 4.69) is 11.9 Å². The number of nitrogens with zero attached hydrogens (tertiary/aromatic N) is 2. The van der Waals surface area contributed by atoms with Gasteiger partial charge in [-0.2, -0.15) is 0 Å². The van der Waals surface area contributed by atoms with Gasteiger partial charge in [0.2, 0.25) is 5.82 Å². The molecule has 0 unspecified atom stereocenters. The summed E-state index contributed by atoms with van der Waals surface area (Å²) in [5.74, 6) is -0.895. The van der Waals surface area contributed by atoms with Crippen molar-refractivity contribution in [2.24, 2.45) is 5.92 Å². The molecule has 2 aromatic heterocycles. The van der Waals surface area contributed by atoms with Crippen molar-refractivity contribution < 1.29 is 19.1 Å². The summed E-state index contributed by atoms with van der Waals surface area (Å²) in [6.45, 7) is 7.44. The van der Waals surface area contributed by atoms with E-state index in [4.69, 9.17) is 9.47 Å². The largest absolute Gasteiger partial charge is 0.464 e. The summed E-state index contributed by atoms with van der Waals surface area (Å²) >= 11 is 1.46. The van der Waals surface area contributed by atoms with E-state index in [9.17, 15) is 14.4 Å². The van der Waals surface area contributed by atoms with Crippen LogP contribution in [0.2, 0.25) is 0 Å². The Kier molecular flexibility index (Phi) is 5.64. The lowest BCUT2D eigenvalue weighted by molar-refractivity contribution is -0.146. The van der Waals surface area contributed by atoms with E-state index in [-0.39, 0.29) is 24.6 Å². The molecule has 2 aromatic rings. The van der Waals surface area contributed by atoms with E-state index in [1.807, 2.05) is 0 Å². The number of rotatable bonds is 5. The molecule has 8 heteroatoms. The summed E-state index contributed by atoms with van der Waals surface area (Å²) in [6.07, 6.45) is 2.71. The van der Waals surface area contributed by atoms with Crippen LogP contribution in [0.1, 0.15) is 61.2 Å². The summed E-state index contributed by atoms with van der Waals surface area (Å²) in [5.41, 5.74) is 0.626. The van der Waals surface area contributed by atoms with Crippen LogP contribution in [0.25, 0.3) is 10.2 Å². The highest BCUT2D eigenvalue weighted by atomic mass is 32.1. The first-order valence-electron chi connectivity index (χ1n) is 9.29. The number of ether oxygens (including phenoxy) is 2. The monoisotopic (exact) mass is 392 g/mol. The third-order valence-electron chi connectivity index (χ3n) is 4.83. The molecule has 1 aliphatic carbocycles. The van der Waals surface area contributed by atoms with Crippen LogP contribution in [0.4, 0.5) is 0 Å². The molecule has 0 fully saturated rings. The van der Waals surface area contributed by atoms with Gasteiger partial charge in [-0.3, -0.25) is 9.36 Å². The molecule has 1 aliphatic rings. The first-order chi connectivity index (χ1) is 12.9. The second-order valence-corrected chi connectivity index (χ2v) is 7.87. The third-order valence-corrected chi connectivity index (χ3v) is 5.98. The SMILES string of the molecule is CCOC(=O)c1nc2sc3c(c2c(=O)n1[C@H](C)C(=O)OCC)CC[C@@H](C)C3. The van der Waals surface area contributed by atoms with E-state index in [0.717, 1.165) is 34.3 Å². The van der Waals surface area contributed by atoms with Crippen molar-refractivity contribution in [3.8, 4) is 0 Å². The zero-order valence-electron chi connectivity index (χ0n) is 16.0. The molecule has 0 saturated heterocycles. The Labute approximate surface area is 161 Å². The molecule has 0 spiro atoms. The first-order valence-corrected chi connectivity index (χ1v) is 10.1. The lowest BCUT2D eigenvalue weighted by atomic mass is 9.89. The van der Waals surface area contributed by atoms with Crippen LogP contribution in [-0.2, 0) is 27.1 Å². The van der Waals surface area contributed by atoms with Crippen molar-refractivity contribution in [3.05, 3.63) is 26.6 Å². The summed E-state index contributed by atoms with van der Waals surface area (Å²) in [7, 11) is 0. The normalized spacial score (nSPS) is 17.4. The second kappa shape index (κ2) is 7.80. The van der Waals surface area contributed by atoms with Gasteiger partial charge in [0, 0.05) is 4.88 Å². The number of thiophene rings is 1. The third kappa shape index (κ3) is 3.50. The van der Waals surface area contributed by atoms with E-state index in [1.165, 1.54) is 18.3 Å². The molecule has 0 amide bonds. The maximum Gasteiger partial charge on any atom is 0.374 e. The highest BCUT2D eigenvalue weighted by molar-refractivity contribution is 7.18. The molecular weight excluding hydrogens is 368 g/mol. The Morgan fingerprint density at radius 1 is 1.30 bits per heavy atom. The minimum absolute atomic E-state index is 0.151. The summed E-state index contributed by atoms with van der Waals surface area (Å²) in [5, 5.41) is 0.520. The zero-order valence-corrected chi connectivity index (χ0v) is 16.9. The molecule has 0 bridgehead atoms. The molecule has 2 atom stereocenters. The Morgan fingerprint density at radius 3 is 2.67 bits per heavy atom. The zero-order chi connectivity index (χ0) is 19.7. The van der Waals surface area contributed by atoms with Gasteiger partial charge >= 0.3 is 11.9 Å². The molecule has 0 aromatic carbocycles. The van der Waals surface area contributed by atoms with Gasteiger partial charge in [-0.1, -0.05) is 6.92 Å². The van der Waals surface area contributed by atoms with Crippen molar-refractivity contribution in [2.75, 3.05) is 13.2 Å². The molecule has 0 N–H and O–H groups in total. The van der Waals surface area contributed by atoms with Crippen LogP contribution in [0.5, 0.6) is 0 Å². The maximum atomic E-state index is 13.3. The molecule has 0 aliphatic heterocycles. The predicted octanol–water partition coefficient (Wildman–Crippen LogP) is 2.88. The number of hydrogen-bond acceptors (Lipinski definition) is 7. The summed E-state index contributed by atoms with van der Waals surface area (Å²) in [6, 6.07) is -0.966. The van der Waals surface area contributed by atoms with Gasteiger partial charge in [0.15, 0.2) is 0 Å². The van der Waals surface area contributed by atoms with E-state index >= 15 is 0 Å². The first kappa shape index (κ1) is 19.5. The van der Waals surface area contributed by atoms with Crippen molar-refractivity contribution in [1.82, 2.24) is 9.55 Å². The fourth-order valence-corrected chi connectivity index (χ4v) is 4.84. The fourth-order valence-electron chi connectivity index (χ4n) is 3.47. The molecule has 2 heterocycles. The molecule has 7 nitrogen and oxygen atoms in total. The molecule has 3 rings (SSSR count). The fraction of sp³-hybridized carbons (Fsp3) is 0.579. The lowest BCUT2D eigenvalue weighted by Crippen LogP contribution is -2.35. The Hall–Kier alpha value is -2.22. The predicted molar refractivity (Wildman–Crippen MR) is 102 cm³/mol. The highest BCUT2D eigenvalue weighted by Gasteiger charge is 2.30. The van der Waals surface area contributed by atoms with Crippen molar-refractivity contribution in [1.29, 1.82) is 0 Å². The van der Waals surface area contributed by atoms with Gasteiger partial charge < -0.3 is 9.47 Å². The molecule has 0 radical (unpaired) electrons. The average molecular weight is 392 g/mol. The summed E-state index contributed by atoms with van der Waals surface area (Å²) in [4.78, 5) is 44.2. The molecule has 27 heavy (non-hydrogen) atoms. The van der Waals surface area contributed by atoms with Crippen LogP contribution in [0.3, 0.4) is 0 Å². The van der Waals surface area contributed by atoms with Crippen LogP contribution in [0.15, 0.2) is 4.79 Å². The van der Waals surface area contributed by atoms with Crippen LogP contribution in [-0.4, -0.2) is 34.7 Å². The molecule has 0 saturated carbocycles. The number of carbonyl (C=O) groups is 2. The number of hydrogen-bond donors (Lipinski definition) is 0. The van der Waals surface area contributed by atoms with Gasteiger partial charge in [0.1, 0.15) is 10.9 Å². The van der Waals surface area contributed by atoms with Crippen LogP contribution in [0, 0.1) is 5.92 Å². The minimum Gasteiger partial charge on any atom is -0.464 e. The van der Waals surface area contributed by atoms with Crippen molar-refractivity contribution in [3.63, 3.8) is 0 Å². The number of aromatic nitrogens is 2. The maximum absolute atomic E-state index is 13.3. The van der Waals surface area contributed by atoms with Gasteiger partial charge in [0.25, 0.3) is 5.56 Å². The molecular formula is C19H24N2O5S. The second-order valence-electron chi connectivity index (χ2n) is 6.79. The number of aryl methyl sites for hydroxylation is 1. The van der Waals surface area contributed by atoms with E-state index in [0.29, 0.717) is 16.1 Å². The Bertz CT molecular complexity index is 946. The average Bonchev–Trinajstić information content (AvgIpc) is 2.99. The van der Waals surface area contributed by atoms with Crippen molar-refractivity contribution >= 4 is 33.5 Å². The summed E-state index contributed by atoms with van der Waals surface area (Å²) < 4.78 is 11.3. The number of esters is 2. The Balaban J connectivity index is 2.25. The number of carbonyl (C=O) groups excluding carboxylic acids is 2. The van der Waals surface area contributed by atoms with Gasteiger partial charge in [0.05, 0.1) is 18.6 Å². The van der Waals surface area contributed by atoms with E-state index < -0.39 is 18.0 Å². The quantitative estimate of drug-likeness (QED) is 0.727. The topological polar surface area (TPSA) is 87.5 Å². The van der Waals surface area contributed by atoms with Crippen LogP contribution >= 0.6 is 11.3 Å². The van der Waals surface area contributed by atoms with Gasteiger partial charge in [-0.05, 0) is 51.5 Å². The number of fused-ring (bicyclic) bond motifs is 3. The standard InChI is InChI=1S/C19H24N2O5S/c1-5-25-18(23)11(4)21-15(19(24)26-6-2)20-16-14(17(21)22)12-8-7-10(3)9-13(12)27-16/h10-11H,5-9H2,1-4H3/t10-,11-/m1/s1. The van der Waals surface area contributed by atoms with Crippen LogP contribution < -0.4 is 5.56 Å². The highest BCUT2D eigenvalue weighted by Crippen LogP contribution is 2.36. The van der Waals surface area contributed by atoms with E-state index in [1.54, 1.807) is 13.8 Å². The van der Waals surface area contributed by atoms with Crippen molar-refractivity contribution in [2.45, 2.75) is 53.0 Å². The lowest BCUT2D eigenvalue weighted by Gasteiger charge is -2.19. The van der Waals surface area contributed by atoms with Gasteiger partial charge in [-0.15, -0.1) is 11.3 Å².